The van der Waals surface area contributed by atoms with E-state index in [0.717, 1.165) is 65.1 Å². The van der Waals surface area contributed by atoms with Crippen molar-refractivity contribution in [1.29, 1.82) is 0 Å². The van der Waals surface area contributed by atoms with Gasteiger partial charge in [0.05, 0.1) is 19.8 Å². The third-order valence-corrected chi connectivity index (χ3v) is 4.64. The summed E-state index contributed by atoms with van der Waals surface area (Å²) in [6.07, 6.45) is 3.69. The van der Waals surface area contributed by atoms with Crippen molar-refractivity contribution in [1.82, 2.24) is 15.1 Å². The number of carbonyl (C=O) groups excluding carboxylic acids is 1. The zero-order valence-electron chi connectivity index (χ0n) is 15.8. The third kappa shape index (κ3) is 8.72. The number of ether oxygens (including phenoxy) is 2. The van der Waals surface area contributed by atoms with E-state index in [9.17, 15) is 4.79 Å². The summed E-state index contributed by atoms with van der Waals surface area (Å²) in [5, 5.41) is 3.27. The number of halogens is 1. The summed E-state index contributed by atoms with van der Waals surface area (Å²) in [7, 11) is 0. The third-order valence-electron chi connectivity index (χ3n) is 4.64. The van der Waals surface area contributed by atoms with Gasteiger partial charge in [0, 0.05) is 38.8 Å². The van der Waals surface area contributed by atoms with Crippen LogP contribution in [-0.4, -0.2) is 87.0 Å². The lowest BCUT2D eigenvalue weighted by atomic mass is 10.1. The van der Waals surface area contributed by atoms with Gasteiger partial charge in [-0.1, -0.05) is 0 Å². The van der Waals surface area contributed by atoms with Crippen LogP contribution in [0.15, 0.2) is 4.99 Å². The second kappa shape index (κ2) is 13.4. The molecule has 9 heteroatoms. The molecule has 0 radical (unpaired) electrons. The lowest BCUT2D eigenvalue weighted by Crippen LogP contribution is -2.48. The van der Waals surface area contributed by atoms with E-state index in [0.29, 0.717) is 25.7 Å². The fourth-order valence-corrected chi connectivity index (χ4v) is 3.15. The van der Waals surface area contributed by atoms with Crippen LogP contribution >= 0.6 is 24.0 Å². The molecule has 2 saturated heterocycles. The zero-order valence-corrected chi connectivity index (χ0v) is 18.2. The van der Waals surface area contributed by atoms with Crippen LogP contribution in [0.3, 0.4) is 0 Å². The number of rotatable bonds is 7. The van der Waals surface area contributed by atoms with E-state index in [1.165, 1.54) is 0 Å². The molecule has 0 aromatic rings. The number of morpholine rings is 1. The van der Waals surface area contributed by atoms with E-state index in [1.807, 2.05) is 6.92 Å². The quantitative estimate of drug-likeness (QED) is 0.245. The molecule has 2 rings (SSSR count). The summed E-state index contributed by atoms with van der Waals surface area (Å²) >= 11 is 0. The minimum Gasteiger partial charge on any atom is -0.450 e. The van der Waals surface area contributed by atoms with Gasteiger partial charge < -0.3 is 25.4 Å². The molecular weight excluding hydrogens is 449 g/mol. The molecule has 3 N–H and O–H groups in total. The van der Waals surface area contributed by atoms with Gasteiger partial charge in [0.1, 0.15) is 0 Å². The number of likely N-dealkylation sites (tertiary alicyclic amines) is 1. The zero-order chi connectivity index (χ0) is 17.9. The minimum absolute atomic E-state index is 0. The van der Waals surface area contributed by atoms with Gasteiger partial charge in [-0.3, -0.25) is 9.89 Å². The molecule has 0 saturated carbocycles. The van der Waals surface area contributed by atoms with E-state index < -0.39 is 0 Å². The van der Waals surface area contributed by atoms with Crippen molar-refractivity contribution < 1.29 is 14.3 Å². The molecule has 0 spiro atoms. The highest BCUT2D eigenvalue weighted by Crippen LogP contribution is 2.11. The molecule has 26 heavy (non-hydrogen) atoms. The van der Waals surface area contributed by atoms with Crippen LogP contribution in [0.2, 0.25) is 0 Å². The monoisotopic (exact) mass is 483 g/mol. The number of nitrogens with two attached hydrogens (primary N) is 1. The van der Waals surface area contributed by atoms with Gasteiger partial charge >= 0.3 is 6.09 Å². The number of aliphatic imine (C=N–C) groups is 1. The molecule has 152 valence electrons. The summed E-state index contributed by atoms with van der Waals surface area (Å²) in [5.41, 5.74) is 5.98. The maximum Gasteiger partial charge on any atom is 0.409 e. The number of nitrogens with zero attached hydrogens (tertiary/aromatic N) is 3. The van der Waals surface area contributed by atoms with Crippen molar-refractivity contribution >= 4 is 36.0 Å². The SMILES string of the molecule is CCOC(=O)N1CCC(NC(N)=NCCCCN2CCOCC2)CC1.I. The van der Waals surface area contributed by atoms with Crippen molar-refractivity contribution in [2.75, 3.05) is 59.1 Å². The van der Waals surface area contributed by atoms with E-state index in [2.05, 4.69) is 15.2 Å². The van der Waals surface area contributed by atoms with Crippen LogP contribution < -0.4 is 11.1 Å². The largest absolute Gasteiger partial charge is 0.450 e. The number of nitrogens with one attached hydrogen (secondary N) is 1. The van der Waals surface area contributed by atoms with Gasteiger partial charge in [-0.2, -0.15) is 0 Å². The number of guanidine groups is 1. The normalized spacial score (nSPS) is 19.7. The number of unbranched alkanes of at least 4 members (excludes halogenated alkanes) is 1. The molecule has 0 bridgehead atoms. The van der Waals surface area contributed by atoms with Crippen molar-refractivity contribution in [3.8, 4) is 0 Å². The van der Waals surface area contributed by atoms with Crippen molar-refractivity contribution in [3.05, 3.63) is 0 Å². The molecule has 2 aliphatic rings. The molecule has 2 fully saturated rings. The highest BCUT2D eigenvalue weighted by atomic mass is 127. The fraction of sp³-hybridized carbons (Fsp3) is 0.882. The average Bonchev–Trinajstić information content (AvgIpc) is 2.63. The topological polar surface area (TPSA) is 92.4 Å². The number of piperidine rings is 1. The molecule has 0 aromatic heterocycles. The molecular formula is C17H34IN5O3. The smallest absolute Gasteiger partial charge is 0.409 e. The number of amides is 1. The van der Waals surface area contributed by atoms with Crippen molar-refractivity contribution in [2.24, 2.45) is 10.7 Å². The van der Waals surface area contributed by atoms with Crippen LogP contribution in [0.4, 0.5) is 4.79 Å². The number of hydrogen-bond donors (Lipinski definition) is 2. The molecule has 2 aliphatic heterocycles. The maximum absolute atomic E-state index is 11.7. The van der Waals surface area contributed by atoms with E-state index in [-0.39, 0.29) is 36.1 Å². The summed E-state index contributed by atoms with van der Waals surface area (Å²) < 4.78 is 10.4. The van der Waals surface area contributed by atoms with Gasteiger partial charge in [-0.05, 0) is 39.2 Å². The van der Waals surface area contributed by atoms with Crippen LogP contribution in [0.5, 0.6) is 0 Å². The summed E-state index contributed by atoms with van der Waals surface area (Å²) in [6.45, 7) is 9.28. The number of hydrogen-bond acceptors (Lipinski definition) is 5. The summed E-state index contributed by atoms with van der Waals surface area (Å²) in [6, 6.07) is 0.280. The average molecular weight is 483 g/mol. The molecule has 1 amide bonds. The number of carbonyl (C=O) groups is 1. The Morgan fingerprint density at radius 3 is 2.58 bits per heavy atom. The standard InChI is InChI=1S/C17H33N5O3.HI/c1-2-25-17(23)22-9-5-15(6-10-22)20-16(18)19-7-3-4-8-21-11-13-24-14-12-21;/h15H,2-14H2,1H3,(H3,18,19,20);1H. The van der Waals surface area contributed by atoms with Gasteiger partial charge in [0.25, 0.3) is 0 Å². The Kier molecular flexibility index (Phi) is 11.9. The van der Waals surface area contributed by atoms with Crippen LogP contribution in [0.1, 0.15) is 32.6 Å². The second-order valence-electron chi connectivity index (χ2n) is 6.53. The van der Waals surface area contributed by atoms with Gasteiger partial charge in [-0.25, -0.2) is 4.79 Å². The van der Waals surface area contributed by atoms with Crippen LogP contribution in [0, 0.1) is 0 Å². The Hall–Kier alpha value is -0.810. The van der Waals surface area contributed by atoms with Crippen LogP contribution in [-0.2, 0) is 9.47 Å². The van der Waals surface area contributed by atoms with E-state index in [4.69, 9.17) is 15.2 Å². The highest BCUT2D eigenvalue weighted by molar-refractivity contribution is 14.0. The van der Waals surface area contributed by atoms with Crippen molar-refractivity contribution in [3.63, 3.8) is 0 Å². The first-order chi connectivity index (χ1) is 12.2. The fourth-order valence-electron chi connectivity index (χ4n) is 3.15. The molecule has 0 unspecified atom stereocenters. The first-order valence-electron chi connectivity index (χ1n) is 9.47. The predicted octanol–water partition coefficient (Wildman–Crippen LogP) is 1.24. The van der Waals surface area contributed by atoms with E-state index >= 15 is 0 Å². The summed E-state index contributed by atoms with van der Waals surface area (Å²) in [4.78, 5) is 20.3. The minimum atomic E-state index is -0.220. The molecule has 2 heterocycles. The van der Waals surface area contributed by atoms with Gasteiger partial charge in [0.2, 0.25) is 0 Å². The maximum atomic E-state index is 11.7. The van der Waals surface area contributed by atoms with E-state index in [1.54, 1.807) is 4.90 Å². The molecule has 8 nitrogen and oxygen atoms in total. The first kappa shape index (κ1) is 23.2. The Bertz CT molecular complexity index is 425. The van der Waals surface area contributed by atoms with Crippen molar-refractivity contribution in [2.45, 2.75) is 38.6 Å². The Morgan fingerprint density at radius 1 is 1.23 bits per heavy atom. The second-order valence-corrected chi connectivity index (χ2v) is 6.53. The highest BCUT2D eigenvalue weighted by Gasteiger charge is 2.23. The lowest BCUT2D eigenvalue weighted by molar-refractivity contribution is 0.0373. The lowest BCUT2D eigenvalue weighted by Gasteiger charge is -2.31. The molecule has 0 atom stereocenters. The Labute approximate surface area is 173 Å². The van der Waals surface area contributed by atoms with Gasteiger partial charge in [-0.15, -0.1) is 24.0 Å². The summed E-state index contributed by atoms with van der Waals surface area (Å²) in [5.74, 6) is 0.515. The Morgan fingerprint density at radius 2 is 1.92 bits per heavy atom. The van der Waals surface area contributed by atoms with Crippen LogP contribution in [0.25, 0.3) is 0 Å². The Balaban J connectivity index is 0.00000338. The first-order valence-corrected chi connectivity index (χ1v) is 9.47. The molecule has 0 aliphatic carbocycles. The van der Waals surface area contributed by atoms with Gasteiger partial charge in [0.15, 0.2) is 5.96 Å². The molecule has 0 aromatic carbocycles. The predicted molar refractivity (Wildman–Crippen MR) is 113 cm³/mol.